The minimum atomic E-state index is 0.406. The predicted molar refractivity (Wildman–Crippen MR) is 72.5 cm³/mol. The summed E-state index contributed by atoms with van der Waals surface area (Å²) < 4.78 is 11.1. The van der Waals surface area contributed by atoms with Gasteiger partial charge in [0.15, 0.2) is 0 Å². The largest absolute Gasteiger partial charge is 0.462 e. The summed E-state index contributed by atoms with van der Waals surface area (Å²) in [6.45, 7) is 0.569. The molecule has 4 rings (SSSR count). The van der Waals surface area contributed by atoms with E-state index < -0.39 is 0 Å². The first-order valence-corrected chi connectivity index (χ1v) is 7.58. The molecule has 0 aliphatic heterocycles. The number of ether oxygens (including phenoxy) is 1. The van der Waals surface area contributed by atoms with Gasteiger partial charge in [0.2, 0.25) is 0 Å². The molecule has 0 radical (unpaired) electrons. The van der Waals surface area contributed by atoms with Gasteiger partial charge < -0.3 is 14.5 Å². The monoisotopic (exact) mass is 261 g/mol. The van der Waals surface area contributed by atoms with Gasteiger partial charge in [-0.15, -0.1) is 0 Å². The number of furan rings is 1. The Morgan fingerprint density at radius 2 is 2.05 bits per heavy atom. The van der Waals surface area contributed by atoms with Crippen molar-refractivity contribution in [2.75, 3.05) is 14.2 Å². The lowest BCUT2D eigenvalue weighted by molar-refractivity contribution is 0.160. The van der Waals surface area contributed by atoms with Crippen LogP contribution in [0.15, 0.2) is 16.5 Å². The maximum absolute atomic E-state index is 5.95. The molecule has 1 N–H and O–H groups in total. The first-order valence-electron chi connectivity index (χ1n) is 7.58. The molecule has 5 unspecified atom stereocenters. The Labute approximate surface area is 114 Å². The molecule has 3 saturated carbocycles. The molecule has 3 nitrogen and oxygen atoms in total. The summed E-state index contributed by atoms with van der Waals surface area (Å²) in [5, 5.41) is 3.50. The van der Waals surface area contributed by atoms with Crippen LogP contribution < -0.4 is 5.32 Å². The zero-order chi connectivity index (χ0) is 13.0. The molecular weight excluding hydrogens is 238 g/mol. The Balaban J connectivity index is 1.52. The molecule has 5 atom stereocenters. The van der Waals surface area contributed by atoms with Crippen molar-refractivity contribution >= 4 is 0 Å². The summed E-state index contributed by atoms with van der Waals surface area (Å²) in [4.78, 5) is 0. The number of nitrogens with one attached hydrogen (secondary N) is 1. The van der Waals surface area contributed by atoms with E-state index in [1.165, 1.54) is 19.3 Å². The molecule has 3 fully saturated rings. The molecule has 3 aliphatic carbocycles. The second-order valence-corrected chi connectivity index (χ2v) is 6.57. The van der Waals surface area contributed by atoms with E-state index in [1.807, 2.05) is 0 Å². The van der Waals surface area contributed by atoms with Crippen molar-refractivity contribution in [2.45, 2.75) is 31.9 Å². The van der Waals surface area contributed by atoms with Crippen LogP contribution in [0.4, 0.5) is 0 Å². The van der Waals surface area contributed by atoms with Gasteiger partial charge in [-0.25, -0.2) is 0 Å². The van der Waals surface area contributed by atoms with Gasteiger partial charge in [0.05, 0.1) is 6.04 Å². The van der Waals surface area contributed by atoms with Gasteiger partial charge in [0.25, 0.3) is 0 Å². The number of methoxy groups -OCH3 is 1. The van der Waals surface area contributed by atoms with Crippen LogP contribution in [0.2, 0.25) is 0 Å². The van der Waals surface area contributed by atoms with Crippen LogP contribution >= 0.6 is 0 Å². The molecule has 0 amide bonds. The van der Waals surface area contributed by atoms with Crippen LogP contribution in [0.3, 0.4) is 0 Å². The van der Waals surface area contributed by atoms with Gasteiger partial charge >= 0.3 is 0 Å². The van der Waals surface area contributed by atoms with E-state index in [0.717, 1.165) is 41.1 Å². The van der Waals surface area contributed by atoms with Crippen molar-refractivity contribution in [3.05, 3.63) is 23.7 Å². The SMILES string of the molecule is CNC(c1ccc(COC)o1)C1C2C3CCC(C3)C21. The van der Waals surface area contributed by atoms with Crippen LogP contribution in [-0.4, -0.2) is 14.2 Å². The Morgan fingerprint density at radius 3 is 2.68 bits per heavy atom. The molecule has 1 aromatic heterocycles. The standard InChI is InChI=1S/C16H23NO2/c1-17-16(12-6-5-11(19-12)8-18-2)15-13-9-3-4-10(7-9)14(13)15/h5-6,9-10,13-17H,3-4,7-8H2,1-2H3. The van der Waals surface area contributed by atoms with Crippen LogP contribution in [0.25, 0.3) is 0 Å². The Kier molecular flexibility index (Phi) is 2.75. The van der Waals surface area contributed by atoms with Crippen LogP contribution in [0.5, 0.6) is 0 Å². The minimum absolute atomic E-state index is 0.406. The molecule has 2 bridgehead atoms. The second-order valence-electron chi connectivity index (χ2n) is 6.57. The van der Waals surface area contributed by atoms with Gasteiger partial charge in [-0.05, 0) is 68.0 Å². The average molecular weight is 261 g/mol. The highest BCUT2D eigenvalue weighted by molar-refractivity contribution is 5.21. The fourth-order valence-electron chi connectivity index (χ4n) is 5.14. The van der Waals surface area contributed by atoms with Crippen LogP contribution in [0.1, 0.15) is 36.8 Å². The van der Waals surface area contributed by atoms with Crippen molar-refractivity contribution in [1.29, 1.82) is 0 Å². The first kappa shape index (κ1) is 12.0. The number of fused-ring (bicyclic) bond motifs is 5. The molecule has 19 heavy (non-hydrogen) atoms. The minimum Gasteiger partial charge on any atom is -0.462 e. The normalized spacial score (nSPS) is 40.4. The van der Waals surface area contributed by atoms with Gasteiger partial charge in [0, 0.05) is 7.11 Å². The van der Waals surface area contributed by atoms with Crippen molar-refractivity contribution < 1.29 is 9.15 Å². The summed E-state index contributed by atoms with van der Waals surface area (Å²) in [6, 6.07) is 4.59. The third kappa shape index (κ3) is 1.71. The Bertz CT molecular complexity index is 453. The van der Waals surface area contributed by atoms with Crippen LogP contribution in [0, 0.1) is 29.6 Å². The maximum atomic E-state index is 5.95. The zero-order valence-corrected chi connectivity index (χ0v) is 11.8. The highest BCUT2D eigenvalue weighted by Gasteiger charge is 2.67. The van der Waals surface area contributed by atoms with E-state index in [9.17, 15) is 0 Å². The quantitative estimate of drug-likeness (QED) is 0.885. The van der Waals surface area contributed by atoms with Gasteiger partial charge in [-0.1, -0.05) is 0 Å². The highest BCUT2D eigenvalue weighted by Crippen LogP contribution is 2.72. The number of hydrogen-bond donors (Lipinski definition) is 1. The Hall–Kier alpha value is -0.800. The first-order chi connectivity index (χ1) is 9.33. The number of rotatable bonds is 5. The molecule has 1 heterocycles. The molecule has 0 spiro atoms. The summed E-state index contributed by atoms with van der Waals surface area (Å²) in [6.07, 6.45) is 4.47. The lowest BCUT2D eigenvalue weighted by atomic mass is 9.96. The summed E-state index contributed by atoms with van der Waals surface area (Å²) >= 11 is 0. The van der Waals surface area contributed by atoms with Crippen molar-refractivity contribution in [3.8, 4) is 0 Å². The smallest absolute Gasteiger partial charge is 0.129 e. The lowest BCUT2D eigenvalue weighted by Gasteiger charge is -2.18. The zero-order valence-electron chi connectivity index (χ0n) is 11.8. The van der Waals surface area contributed by atoms with Gasteiger partial charge in [-0.2, -0.15) is 0 Å². The summed E-state index contributed by atoms with van der Waals surface area (Å²) in [7, 11) is 3.78. The molecule has 3 heteroatoms. The molecule has 104 valence electrons. The van der Waals surface area contributed by atoms with E-state index in [-0.39, 0.29) is 0 Å². The molecule has 0 saturated heterocycles. The van der Waals surface area contributed by atoms with Crippen LogP contribution in [-0.2, 0) is 11.3 Å². The second kappa shape index (κ2) is 4.35. The fourth-order valence-corrected chi connectivity index (χ4v) is 5.14. The fraction of sp³-hybridized carbons (Fsp3) is 0.750. The van der Waals surface area contributed by atoms with Crippen molar-refractivity contribution in [1.82, 2.24) is 5.32 Å². The van der Waals surface area contributed by atoms with E-state index in [2.05, 4.69) is 24.5 Å². The predicted octanol–water partition coefficient (Wildman–Crippen LogP) is 2.98. The van der Waals surface area contributed by atoms with Gasteiger partial charge in [-0.3, -0.25) is 0 Å². The average Bonchev–Trinajstić information content (AvgIpc) is 2.81. The van der Waals surface area contributed by atoms with Crippen molar-refractivity contribution in [3.63, 3.8) is 0 Å². The number of hydrogen-bond acceptors (Lipinski definition) is 3. The summed E-state index contributed by atoms with van der Waals surface area (Å²) in [5.74, 6) is 6.85. The molecule has 0 aromatic carbocycles. The van der Waals surface area contributed by atoms with E-state index >= 15 is 0 Å². The topological polar surface area (TPSA) is 34.4 Å². The van der Waals surface area contributed by atoms with E-state index in [4.69, 9.17) is 9.15 Å². The maximum Gasteiger partial charge on any atom is 0.129 e. The Morgan fingerprint density at radius 1 is 1.32 bits per heavy atom. The molecule has 3 aliphatic rings. The third-order valence-corrected chi connectivity index (χ3v) is 5.77. The third-order valence-electron chi connectivity index (χ3n) is 5.77. The molecule has 1 aromatic rings. The van der Waals surface area contributed by atoms with E-state index in [0.29, 0.717) is 12.6 Å². The summed E-state index contributed by atoms with van der Waals surface area (Å²) in [5.41, 5.74) is 0. The van der Waals surface area contributed by atoms with Crippen molar-refractivity contribution in [2.24, 2.45) is 29.6 Å². The lowest BCUT2D eigenvalue weighted by Crippen LogP contribution is -2.21. The highest BCUT2D eigenvalue weighted by atomic mass is 16.5. The van der Waals surface area contributed by atoms with E-state index in [1.54, 1.807) is 7.11 Å². The van der Waals surface area contributed by atoms with Gasteiger partial charge in [0.1, 0.15) is 18.1 Å². The molecular formula is C16H23NO2.